The predicted molar refractivity (Wildman–Crippen MR) is 32.4 cm³/mol. The minimum absolute atomic E-state index is 1.25. The quantitative estimate of drug-likeness (QED) is 0.445. The van der Waals surface area contributed by atoms with Gasteiger partial charge in [-0.05, 0) is 12.8 Å². The second-order valence-corrected chi connectivity index (χ2v) is 2.78. The monoisotopic (exact) mass is 112 g/mol. The Morgan fingerprint density at radius 1 is 0.750 bits per heavy atom. The van der Waals surface area contributed by atoms with Gasteiger partial charge in [-0.2, -0.15) is 0 Å². The van der Waals surface area contributed by atoms with Crippen molar-refractivity contribution in [1.29, 1.82) is 0 Å². The van der Waals surface area contributed by atoms with Crippen molar-refractivity contribution in [2.24, 2.45) is 0 Å². The number of nitrogens with zero attached hydrogens (tertiary/aromatic N) is 2. The Morgan fingerprint density at radius 2 is 1.25 bits per heavy atom. The van der Waals surface area contributed by atoms with E-state index >= 15 is 0 Å². The zero-order chi connectivity index (χ0) is 5.40. The van der Waals surface area contributed by atoms with Crippen molar-refractivity contribution in [3.63, 3.8) is 0 Å². The molecule has 0 N–H and O–H groups in total. The van der Waals surface area contributed by atoms with E-state index in [4.69, 9.17) is 0 Å². The van der Waals surface area contributed by atoms with Crippen LogP contribution in [0.4, 0.5) is 0 Å². The zero-order valence-corrected chi connectivity index (χ0v) is 5.14. The number of fused-ring (bicyclic) bond motifs is 3. The van der Waals surface area contributed by atoms with Crippen molar-refractivity contribution in [1.82, 2.24) is 9.80 Å². The van der Waals surface area contributed by atoms with Crippen LogP contribution < -0.4 is 0 Å². The van der Waals surface area contributed by atoms with E-state index in [0.717, 1.165) is 0 Å². The van der Waals surface area contributed by atoms with E-state index in [0.29, 0.717) is 0 Å². The van der Waals surface area contributed by atoms with Gasteiger partial charge in [-0.25, -0.2) is 0 Å². The molecular weight excluding hydrogens is 100 g/mol. The highest BCUT2D eigenvalue weighted by Gasteiger charge is 2.24. The molecule has 2 bridgehead atoms. The zero-order valence-electron chi connectivity index (χ0n) is 5.14. The average Bonchev–Trinajstić information content (AvgIpc) is 1.89. The first kappa shape index (κ1) is 4.77. The summed E-state index contributed by atoms with van der Waals surface area (Å²) in [6, 6.07) is 0. The highest BCUT2D eigenvalue weighted by molar-refractivity contribution is 4.73. The van der Waals surface area contributed by atoms with Crippen molar-refractivity contribution < 1.29 is 0 Å². The van der Waals surface area contributed by atoms with Gasteiger partial charge in [0.25, 0.3) is 0 Å². The Labute approximate surface area is 50.1 Å². The Bertz CT molecular complexity index is 71.0. The standard InChI is InChI=1S/C6H12N2/c1-2-4-8-5-7(3-1)6-8/h1-6H2. The summed E-state index contributed by atoms with van der Waals surface area (Å²) in [6.45, 7) is 5.19. The van der Waals surface area contributed by atoms with Gasteiger partial charge < -0.3 is 0 Å². The maximum Gasteiger partial charge on any atom is 0.0529 e. The van der Waals surface area contributed by atoms with Gasteiger partial charge in [-0.1, -0.05) is 0 Å². The lowest BCUT2D eigenvalue weighted by molar-refractivity contribution is -0.0101. The smallest absolute Gasteiger partial charge is 0.0529 e. The minimum atomic E-state index is 1.25. The summed E-state index contributed by atoms with van der Waals surface area (Å²) < 4.78 is 0. The van der Waals surface area contributed by atoms with Gasteiger partial charge in [-0.3, -0.25) is 9.80 Å². The maximum absolute atomic E-state index is 2.49. The summed E-state index contributed by atoms with van der Waals surface area (Å²) in [5.74, 6) is 0. The van der Waals surface area contributed by atoms with Gasteiger partial charge in [0.15, 0.2) is 0 Å². The molecular formula is C6H12N2. The Kier molecular flexibility index (Phi) is 1.02. The summed E-state index contributed by atoms with van der Waals surface area (Å²) in [4.78, 5) is 4.99. The van der Waals surface area contributed by atoms with E-state index in [-0.39, 0.29) is 0 Å². The Hall–Kier alpha value is -0.0800. The fraction of sp³-hybridized carbons (Fsp3) is 1.00. The van der Waals surface area contributed by atoms with Gasteiger partial charge in [-0.15, -0.1) is 0 Å². The molecule has 0 aromatic carbocycles. The third-order valence-electron chi connectivity index (χ3n) is 2.00. The normalized spacial score (nSPS) is 45.0. The first-order valence-electron chi connectivity index (χ1n) is 3.40. The third-order valence-corrected chi connectivity index (χ3v) is 2.00. The topological polar surface area (TPSA) is 6.48 Å². The van der Waals surface area contributed by atoms with Crippen LogP contribution in [0.1, 0.15) is 12.8 Å². The number of rotatable bonds is 0. The molecule has 3 rings (SSSR count). The average molecular weight is 112 g/mol. The van der Waals surface area contributed by atoms with E-state index in [1.54, 1.807) is 0 Å². The summed E-state index contributed by atoms with van der Waals surface area (Å²) >= 11 is 0. The van der Waals surface area contributed by atoms with Gasteiger partial charge in [0, 0.05) is 13.1 Å². The molecule has 0 radical (unpaired) electrons. The molecule has 2 heteroatoms. The molecule has 0 aliphatic carbocycles. The molecule has 3 saturated heterocycles. The van der Waals surface area contributed by atoms with Crippen LogP contribution in [-0.4, -0.2) is 36.2 Å². The fourth-order valence-electron chi connectivity index (χ4n) is 1.48. The second kappa shape index (κ2) is 1.71. The molecule has 0 spiro atoms. The molecule has 3 fully saturated rings. The van der Waals surface area contributed by atoms with Crippen LogP contribution in [0.25, 0.3) is 0 Å². The van der Waals surface area contributed by atoms with E-state index in [2.05, 4.69) is 9.80 Å². The lowest BCUT2D eigenvalue weighted by Gasteiger charge is -2.39. The van der Waals surface area contributed by atoms with E-state index in [1.165, 1.54) is 39.3 Å². The van der Waals surface area contributed by atoms with Crippen LogP contribution in [0.15, 0.2) is 0 Å². The van der Waals surface area contributed by atoms with Gasteiger partial charge in [0.05, 0.1) is 13.3 Å². The molecule has 0 aromatic rings. The maximum atomic E-state index is 2.49. The van der Waals surface area contributed by atoms with Crippen molar-refractivity contribution in [2.75, 3.05) is 26.4 Å². The van der Waals surface area contributed by atoms with Crippen LogP contribution in [-0.2, 0) is 0 Å². The fourth-order valence-corrected chi connectivity index (χ4v) is 1.48. The van der Waals surface area contributed by atoms with Crippen LogP contribution in [0, 0.1) is 0 Å². The number of hydrogen-bond acceptors (Lipinski definition) is 2. The molecule has 46 valence electrons. The lowest BCUT2D eigenvalue weighted by atomic mass is 10.3. The summed E-state index contributed by atoms with van der Waals surface area (Å²) in [5, 5.41) is 0. The minimum Gasteiger partial charge on any atom is -0.277 e. The molecule has 0 unspecified atom stereocenters. The second-order valence-electron chi connectivity index (χ2n) is 2.78. The van der Waals surface area contributed by atoms with E-state index in [1.807, 2.05) is 0 Å². The van der Waals surface area contributed by atoms with Crippen molar-refractivity contribution in [3.8, 4) is 0 Å². The lowest BCUT2D eigenvalue weighted by Crippen LogP contribution is -2.53. The van der Waals surface area contributed by atoms with Crippen LogP contribution >= 0.6 is 0 Å². The van der Waals surface area contributed by atoms with E-state index in [9.17, 15) is 0 Å². The molecule has 8 heavy (non-hydrogen) atoms. The Balaban J connectivity index is 1.95. The predicted octanol–water partition coefficient (Wildman–Crippen LogP) is 0.313. The molecule has 0 atom stereocenters. The third kappa shape index (κ3) is 0.644. The van der Waals surface area contributed by atoms with Crippen molar-refractivity contribution in [3.05, 3.63) is 0 Å². The molecule has 0 amide bonds. The molecule has 0 aromatic heterocycles. The first-order valence-corrected chi connectivity index (χ1v) is 3.40. The molecule has 3 heterocycles. The van der Waals surface area contributed by atoms with Crippen LogP contribution in [0.3, 0.4) is 0 Å². The van der Waals surface area contributed by atoms with Gasteiger partial charge >= 0.3 is 0 Å². The van der Waals surface area contributed by atoms with Gasteiger partial charge in [0.2, 0.25) is 0 Å². The largest absolute Gasteiger partial charge is 0.277 e. The van der Waals surface area contributed by atoms with Crippen molar-refractivity contribution in [2.45, 2.75) is 12.8 Å². The summed E-state index contributed by atoms with van der Waals surface area (Å²) in [6.07, 6.45) is 2.83. The Morgan fingerprint density at radius 3 is 1.75 bits per heavy atom. The van der Waals surface area contributed by atoms with Crippen LogP contribution in [0.2, 0.25) is 0 Å². The summed E-state index contributed by atoms with van der Waals surface area (Å²) in [7, 11) is 0. The molecule has 3 aliphatic heterocycles. The molecule has 3 aliphatic rings. The van der Waals surface area contributed by atoms with E-state index < -0.39 is 0 Å². The van der Waals surface area contributed by atoms with Gasteiger partial charge in [0.1, 0.15) is 0 Å². The highest BCUT2D eigenvalue weighted by atomic mass is 15.5. The molecule has 0 saturated carbocycles. The van der Waals surface area contributed by atoms with Crippen molar-refractivity contribution >= 4 is 0 Å². The highest BCUT2D eigenvalue weighted by Crippen LogP contribution is 2.14. The molecule has 2 nitrogen and oxygen atoms in total. The number of hydrogen-bond donors (Lipinski definition) is 0. The van der Waals surface area contributed by atoms with Crippen LogP contribution in [0.5, 0.6) is 0 Å². The first-order chi connectivity index (χ1) is 3.95. The summed E-state index contributed by atoms with van der Waals surface area (Å²) in [5.41, 5.74) is 0. The SMILES string of the molecule is C1CCN2CN(C1)C2.